The monoisotopic (exact) mass is 353 g/mol. The van der Waals surface area contributed by atoms with Crippen LogP contribution in [0.3, 0.4) is 0 Å². The Morgan fingerprint density at radius 1 is 0.960 bits per heavy atom. The lowest BCUT2D eigenvalue weighted by molar-refractivity contribution is 0.288. The molecule has 0 atom stereocenters. The summed E-state index contributed by atoms with van der Waals surface area (Å²) in [5, 5.41) is 9.48. The first kappa shape index (κ1) is 17.5. The molecular formula is C20H23N3OS. The molecule has 25 heavy (non-hydrogen) atoms. The molecule has 0 N–H and O–H groups in total. The van der Waals surface area contributed by atoms with E-state index in [1.807, 2.05) is 18.5 Å². The molecule has 0 saturated carbocycles. The van der Waals surface area contributed by atoms with Crippen LogP contribution in [0.1, 0.15) is 28.1 Å². The highest BCUT2D eigenvalue weighted by atomic mass is 32.2. The van der Waals surface area contributed by atoms with E-state index in [1.165, 1.54) is 16.7 Å². The van der Waals surface area contributed by atoms with Crippen molar-refractivity contribution in [2.75, 3.05) is 0 Å². The van der Waals surface area contributed by atoms with Crippen molar-refractivity contribution in [2.45, 2.75) is 38.3 Å². The molecule has 0 aliphatic rings. The zero-order chi connectivity index (χ0) is 17.8. The van der Waals surface area contributed by atoms with Crippen LogP contribution in [0.4, 0.5) is 0 Å². The van der Waals surface area contributed by atoms with Crippen molar-refractivity contribution in [1.29, 1.82) is 0 Å². The molecule has 0 radical (unpaired) electrons. The van der Waals surface area contributed by atoms with Crippen LogP contribution in [0.25, 0.3) is 0 Å². The van der Waals surface area contributed by atoms with Gasteiger partial charge in [0.1, 0.15) is 12.4 Å². The minimum Gasteiger partial charge on any atom is -0.485 e. The minimum atomic E-state index is 0.416. The maximum absolute atomic E-state index is 5.94. The highest BCUT2D eigenvalue weighted by molar-refractivity contribution is 7.98. The standard InChI is InChI=1S/C20H23N3OS/c1-14-6-9-17(10-7-14)13-25-20-22-21-19(23(20)4)12-24-18-11-15(2)5-8-16(18)3/h5-11H,12-13H2,1-4H3. The van der Waals surface area contributed by atoms with Gasteiger partial charge in [-0.15, -0.1) is 10.2 Å². The first-order chi connectivity index (χ1) is 12.0. The number of thioether (sulfide) groups is 1. The Kier molecular flexibility index (Phi) is 5.43. The predicted molar refractivity (Wildman–Crippen MR) is 102 cm³/mol. The molecule has 0 aliphatic carbocycles. The maximum atomic E-state index is 5.94. The van der Waals surface area contributed by atoms with Gasteiger partial charge in [-0.25, -0.2) is 0 Å². The fraction of sp³-hybridized carbons (Fsp3) is 0.300. The number of hydrogen-bond acceptors (Lipinski definition) is 4. The van der Waals surface area contributed by atoms with Crippen molar-refractivity contribution in [3.8, 4) is 5.75 Å². The highest BCUT2D eigenvalue weighted by Crippen LogP contribution is 2.23. The average Bonchev–Trinajstić information content (AvgIpc) is 2.95. The number of hydrogen-bond donors (Lipinski definition) is 0. The second-order valence-electron chi connectivity index (χ2n) is 6.29. The molecule has 1 aromatic heterocycles. The van der Waals surface area contributed by atoms with Crippen LogP contribution in [0.5, 0.6) is 5.75 Å². The van der Waals surface area contributed by atoms with Gasteiger partial charge in [-0.05, 0) is 43.5 Å². The molecule has 0 bridgehead atoms. The Hall–Kier alpha value is -2.27. The van der Waals surface area contributed by atoms with E-state index in [-0.39, 0.29) is 0 Å². The topological polar surface area (TPSA) is 39.9 Å². The normalized spacial score (nSPS) is 10.9. The van der Waals surface area contributed by atoms with E-state index >= 15 is 0 Å². The van der Waals surface area contributed by atoms with Gasteiger partial charge in [0.15, 0.2) is 11.0 Å². The molecular weight excluding hydrogens is 330 g/mol. The van der Waals surface area contributed by atoms with E-state index < -0.39 is 0 Å². The second-order valence-corrected chi connectivity index (χ2v) is 7.23. The second kappa shape index (κ2) is 7.74. The number of rotatable bonds is 6. The fourth-order valence-electron chi connectivity index (χ4n) is 2.43. The summed E-state index contributed by atoms with van der Waals surface area (Å²) in [7, 11) is 1.99. The summed E-state index contributed by atoms with van der Waals surface area (Å²) in [6.45, 7) is 6.63. The molecule has 3 aromatic rings. The molecule has 1 heterocycles. The lowest BCUT2D eigenvalue weighted by Gasteiger charge is -2.10. The molecule has 0 fully saturated rings. The van der Waals surface area contributed by atoms with Crippen LogP contribution in [0.2, 0.25) is 0 Å². The van der Waals surface area contributed by atoms with Crippen molar-refractivity contribution in [2.24, 2.45) is 7.05 Å². The van der Waals surface area contributed by atoms with Crippen LogP contribution in [0.15, 0.2) is 47.6 Å². The van der Waals surface area contributed by atoms with E-state index in [9.17, 15) is 0 Å². The molecule has 0 saturated heterocycles. The molecule has 2 aromatic carbocycles. The lowest BCUT2D eigenvalue weighted by Crippen LogP contribution is -2.05. The van der Waals surface area contributed by atoms with Gasteiger partial charge in [0.25, 0.3) is 0 Å². The van der Waals surface area contributed by atoms with E-state index in [4.69, 9.17) is 4.74 Å². The molecule has 0 spiro atoms. The quantitative estimate of drug-likeness (QED) is 0.607. The first-order valence-electron chi connectivity index (χ1n) is 8.29. The number of benzene rings is 2. The molecule has 0 unspecified atom stereocenters. The van der Waals surface area contributed by atoms with Gasteiger partial charge in [0, 0.05) is 12.8 Å². The zero-order valence-electron chi connectivity index (χ0n) is 15.1. The van der Waals surface area contributed by atoms with E-state index in [1.54, 1.807) is 11.8 Å². The summed E-state index contributed by atoms with van der Waals surface area (Å²) in [6, 6.07) is 14.8. The Labute approximate surface area is 153 Å². The summed E-state index contributed by atoms with van der Waals surface area (Å²) in [4.78, 5) is 0. The van der Waals surface area contributed by atoms with Crippen LogP contribution >= 0.6 is 11.8 Å². The van der Waals surface area contributed by atoms with Gasteiger partial charge in [-0.1, -0.05) is 53.7 Å². The van der Waals surface area contributed by atoms with Crippen LogP contribution in [0, 0.1) is 20.8 Å². The van der Waals surface area contributed by atoms with Gasteiger partial charge < -0.3 is 9.30 Å². The number of aromatic nitrogens is 3. The fourth-order valence-corrected chi connectivity index (χ4v) is 3.32. The lowest BCUT2D eigenvalue weighted by atomic mass is 10.1. The van der Waals surface area contributed by atoms with Gasteiger partial charge in [0.05, 0.1) is 0 Å². The first-order valence-corrected chi connectivity index (χ1v) is 9.28. The third kappa shape index (κ3) is 4.42. The number of ether oxygens (including phenoxy) is 1. The summed E-state index contributed by atoms with van der Waals surface area (Å²) in [5.41, 5.74) is 4.87. The number of aryl methyl sites for hydroxylation is 3. The summed E-state index contributed by atoms with van der Waals surface area (Å²) in [5.74, 6) is 2.61. The smallest absolute Gasteiger partial charge is 0.191 e. The third-order valence-corrected chi connectivity index (χ3v) is 5.21. The average molecular weight is 353 g/mol. The van der Waals surface area contributed by atoms with Crippen molar-refractivity contribution in [1.82, 2.24) is 14.8 Å². The SMILES string of the molecule is Cc1ccc(CSc2nnc(COc3cc(C)ccc3C)n2C)cc1. The van der Waals surface area contributed by atoms with Crippen LogP contribution < -0.4 is 4.74 Å². The predicted octanol–water partition coefficient (Wildman–Crippen LogP) is 4.61. The third-order valence-electron chi connectivity index (χ3n) is 4.11. The molecule has 3 rings (SSSR count). The van der Waals surface area contributed by atoms with E-state index in [0.29, 0.717) is 6.61 Å². The Morgan fingerprint density at radius 2 is 1.68 bits per heavy atom. The van der Waals surface area contributed by atoms with Gasteiger partial charge >= 0.3 is 0 Å². The molecule has 0 aliphatic heterocycles. The van der Waals surface area contributed by atoms with Gasteiger partial charge in [-0.3, -0.25) is 0 Å². The maximum Gasteiger partial charge on any atom is 0.191 e. The van der Waals surface area contributed by atoms with Gasteiger partial charge in [0.2, 0.25) is 0 Å². The molecule has 4 nitrogen and oxygen atoms in total. The van der Waals surface area contributed by atoms with E-state index in [0.717, 1.165) is 28.0 Å². The van der Waals surface area contributed by atoms with Crippen LogP contribution in [-0.2, 0) is 19.4 Å². The minimum absolute atomic E-state index is 0.416. The molecule has 0 amide bonds. The number of nitrogens with zero attached hydrogens (tertiary/aromatic N) is 3. The van der Waals surface area contributed by atoms with Crippen LogP contribution in [-0.4, -0.2) is 14.8 Å². The zero-order valence-corrected chi connectivity index (χ0v) is 15.9. The highest BCUT2D eigenvalue weighted by Gasteiger charge is 2.11. The summed E-state index contributed by atoms with van der Waals surface area (Å²) < 4.78 is 7.95. The van der Waals surface area contributed by atoms with E-state index in [2.05, 4.69) is 66.5 Å². The molecule has 5 heteroatoms. The Morgan fingerprint density at radius 3 is 2.44 bits per heavy atom. The Balaban J connectivity index is 1.62. The van der Waals surface area contributed by atoms with Gasteiger partial charge in [-0.2, -0.15) is 0 Å². The molecule has 130 valence electrons. The summed E-state index contributed by atoms with van der Waals surface area (Å²) in [6.07, 6.45) is 0. The van der Waals surface area contributed by atoms with Crippen molar-refractivity contribution in [3.63, 3.8) is 0 Å². The van der Waals surface area contributed by atoms with Crippen molar-refractivity contribution < 1.29 is 4.74 Å². The van der Waals surface area contributed by atoms with Crippen molar-refractivity contribution in [3.05, 3.63) is 70.5 Å². The largest absolute Gasteiger partial charge is 0.485 e. The summed E-state index contributed by atoms with van der Waals surface area (Å²) >= 11 is 1.69. The van der Waals surface area contributed by atoms with Crippen molar-refractivity contribution >= 4 is 11.8 Å². The Bertz CT molecular complexity index is 856.